The molecule has 0 aliphatic carbocycles. The zero-order valence-electron chi connectivity index (χ0n) is 65.3. The third-order valence-electron chi connectivity index (χ3n) is 18.6. The lowest BCUT2D eigenvalue weighted by atomic mass is 9.94. The number of aliphatic hydroxyl groups excluding tert-OH is 2. The van der Waals surface area contributed by atoms with Crippen LogP contribution < -0.4 is 80.6 Å². The van der Waals surface area contributed by atoms with E-state index in [1.807, 2.05) is 0 Å². The van der Waals surface area contributed by atoms with Crippen molar-refractivity contribution in [1.82, 2.24) is 73.7 Å². The Kier molecular flexibility index (Phi) is 45.0. The number of thioether (sulfide) groups is 1. The molecule has 0 spiro atoms. The second kappa shape index (κ2) is 52.0. The minimum absolute atomic E-state index is 0.0698. The number of carbonyl (C=O) groups is 18. The number of fused-ring (bicyclic) bond motifs is 1. The number of hydrogen-bond acceptors (Lipinski definition) is 25. The van der Waals surface area contributed by atoms with E-state index in [1.165, 1.54) is 22.5 Å². The molecule has 1 aromatic carbocycles. The van der Waals surface area contributed by atoms with Gasteiger partial charge in [0.15, 0.2) is 0 Å². The number of aliphatic hydroxyl groups is 2. The van der Waals surface area contributed by atoms with Gasteiger partial charge in [-0.1, -0.05) is 101 Å². The van der Waals surface area contributed by atoms with Gasteiger partial charge in [0.05, 0.1) is 37.6 Å². The van der Waals surface area contributed by atoms with Gasteiger partial charge in [-0.2, -0.15) is 11.8 Å². The summed E-state index contributed by atoms with van der Waals surface area (Å²) in [5.41, 5.74) is 12.9. The van der Waals surface area contributed by atoms with Crippen molar-refractivity contribution >= 4 is 151 Å². The number of aromatic nitrogens is 1. The Bertz CT molecular complexity index is 3690. The molecule has 1 aliphatic rings. The van der Waals surface area contributed by atoms with Crippen molar-refractivity contribution in [2.75, 3.05) is 49.8 Å². The van der Waals surface area contributed by atoms with Gasteiger partial charge in [-0.25, -0.2) is 4.79 Å². The molecule has 1 saturated heterocycles. The molecule has 13 amide bonds. The molecular formula is C72H112N16O24S3. The third-order valence-corrected chi connectivity index (χ3v) is 21.7. The molecular weight excluding hydrogens is 1570 g/mol. The van der Waals surface area contributed by atoms with Crippen LogP contribution in [-0.4, -0.2) is 271 Å². The van der Waals surface area contributed by atoms with E-state index in [2.05, 4.69) is 69.1 Å². The highest BCUT2D eigenvalue weighted by atomic mass is 33.1. The van der Waals surface area contributed by atoms with Gasteiger partial charge in [-0.15, -0.1) is 0 Å². The number of unbranched alkanes of at least 4 members (excludes halogenated alkanes) is 3. The van der Waals surface area contributed by atoms with Crippen LogP contribution in [-0.2, 0) is 92.7 Å². The summed E-state index contributed by atoms with van der Waals surface area (Å²) < 4.78 is 1.27. The van der Waals surface area contributed by atoms with E-state index in [4.69, 9.17) is 11.5 Å². The van der Waals surface area contributed by atoms with Crippen LogP contribution in [0.15, 0.2) is 30.5 Å². The summed E-state index contributed by atoms with van der Waals surface area (Å²) in [7, 11) is 1.74. The molecule has 0 radical (unpaired) electrons. The Labute approximate surface area is 676 Å². The summed E-state index contributed by atoms with van der Waals surface area (Å²) in [4.78, 5) is 243. The number of para-hydroxylation sites is 1. The van der Waals surface area contributed by atoms with E-state index < -0.39 is 230 Å². The molecule has 1 aliphatic heterocycles. The summed E-state index contributed by atoms with van der Waals surface area (Å²) in [6.45, 7) is 7.83. The van der Waals surface area contributed by atoms with E-state index >= 15 is 0 Å². The summed E-state index contributed by atoms with van der Waals surface area (Å²) in [6.07, 6.45) is 0.590. The van der Waals surface area contributed by atoms with E-state index in [1.54, 1.807) is 72.1 Å². The van der Waals surface area contributed by atoms with E-state index in [0.29, 0.717) is 29.3 Å². The lowest BCUT2D eigenvalue weighted by Gasteiger charge is -2.30. The second-order valence-corrected chi connectivity index (χ2v) is 31.6. The van der Waals surface area contributed by atoms with Crippen molar-refractivity contribution in [3.63, 3.8) is 0 Å². The smallest absolute Gasteiger partial charge is 0.326 e. The number of nitrogens with zero attached hydrogens (tertiary/aromatic N) is 1. The van der Waals surface area contributed by atoms with Gasteiger partial charge in [-0.05, 0) is 99.3 Å². The number of nitrogens with one attached hydrogen (secondary N) is 13. The predicted octanol–water partition coefficient (Wildman–Crippen LogP) is -3.66. The Morgan fingerprint density at radius 2 is 1.09 bits per heavy atom. The Balaban J connectivity index is 1.91. The van der Waals surface area contributed by atoms with Crippen molar-refractivity contribution in [2.24, 2.45) is 29.2 Å². The van der Waals surface area contributed by atoms with Crippen molar-refractivity contribution in [2.45, 2.75) is 223 Å². The molecule has 115 heavy (non-hydrogen) atoms. The van der Waals surface area contributed by atoms with Crippen LogP contribution in [0.5, 0.6) is 0 Å². The number of aliphatic carboxylic acids is 4. The van der Waals surface area contributed by atoms with Crippen molar-refractivity contribution < 1.29 is 117 Å². The molecule has 642 valence electrons. The molecule has 43 heteroatoms. The van der Waals surface area contributed by atoms with Crippen molar-refractivity contribution in [3.8, 4) is 0 Å². The summed E-state index contributed by atoms with van der Waals surface area (Å²) in [5.74, 6) is -21.4. The highest BCUT2D eigenvalue weighted by Crippen LogP contribution is 2.25. The topological polar surface area (TPSA) is 642 Å². The van der Waals surface area contributed by atoms with Gasteiger partial charge in [0.2, 0.25) is 83.2 Å². The van der Waals surface area contributed by atoms with Crippen LogP contribution in [0.4, 0.5) is 0 Å². The Morgan fingerprint density at radius 1 is 0.574 bits per heavy atom. The van der Waals surface area contributed by atoms with Crippen LogP contribution in [0.25, 0.3) is 10.9 Å². The molecule has 3 rings (SSSR count). The largest absolute Gasteiger partial charge is 0.481 e. The normalized spacial score (nSPS) is 21.7. The van der Waals surface area contributed by atoms with E-state index in [-0.39, 0.29) is 107 Å². The number of benzene rings is 1. The average Bonchev–Trinajstić information content (AvgIpc) is 1.66. The molecule has 2 heterocycles. The molecule has 0 bridgehead atoms. The number of rotatable bonds is 40. The van der Waals surface area contributed by atoms with Crippen LogP contribution in [0.2, 0.25) is 0 Å². The van der Waals surface area contributed by atoms with Gasteiger partial charge >= 0.3 is 23.9 Å². The van der Waals surface area contributed by atoms with Crippen LogP contribution >= 0.6 is 33.3 Å². The Hall–Kier alpha value is -9.69. The molecule has 40 nitrogen and oxygen atoms in total. The minimum Gasteiger partial charge on any atom is -0.481 e. The number of carboxylic acid groups (broad SMARTS) is 4. The predicted molar refractivity (Wildman–Crippen MR) is 423 cm³/mol. The molecule has 1 aromatic heterocycles. The molecule has 15 atom stereocenters. The molecule has 0 saturated carbocycles. The molecule has 5 unspecified atom stereocenters. The number of carboxylic acids is 4. The fourth-order valence-corrected chi connectivity index (χ4v) is 14.4. The summed E-state index contributed by atoms with van der Waals surface area (Å²) in [6, 6.07) is -14.3. The second-order valence-electron chi connectivity index (χ2n) is 28.1. The molecule has 1 fully saturated rings. The number of hydrogen-bond donors (Lipinski definition) is 21. The maximum absolute atomic E-state index is 14.4. The standard InChI is InChI=1S/C72H112N16O24S3/c1-8-38(5)58(70(109)82-49(72(111)112)28-40-31-88(36-91)53-19-13-12-17-41(40)53)87-71(110)59(39(6)9-2)86-67(106)47(29-56(95)96)76-54(92)20-11-10-16-25-75-61(100)52-35-115-114-34-42(74)60(99)83-50(32-89)69(108)84-51(33-90)68(107)80-46(27-37(3)4)65(104)79-45(23-26-113-7)64(103)81-48(30-57(97)98)66(105)77-43(18-14-15-24-73)62(101)78-44(63(102)85-52)21-22-55(93)94/h12-13,17,19,31,36-39,42-52,58-59,89-90H,8-11,14-16,18,20-30,32-35,73-74H2,1-7H3,(H,75,100)(H,76,92)(H,77,105)(H,78,101)(H,79,104)(H,80,107)(H,81,103)(H,82,109)(H,83,99)(H,84,108)(H,85,102)(H,86,106)(H,87,110)(H,93,94)(H,95,96)(H,97,98)(H,111,112)/t38-,39-,42-,43-,44?,45-,46?,47-,48?,49-,50-,51?,52?,58-,59-/m0/s1. The van der Waals surface area contributed by atoms with Gasteiger partial charge in [0, 0.05) is 48.9 Å². The van der Waals surface area contributed by atoms with Crippen LogP contribution in [0.3, 0.4) is 0 Å². The quantitative estimate of drug-likeness (QED) is 0.0174. The summed E-state index contributed by atoms with van der Waals surface area (Å²) >= 11 is 1.24. The first kappa shape index (κ1) is 99.5. The van der Waals surface area contributed by atoms with Crippen molar-refractivity contribution in [1.29, 1.82) is 0 Å². The van der Waals surface area contributed by atoms with Gasteiger partial charge < -0.3 is 111 Å². The third kappa shape index (κ3) is 34.7. The summed E-state index contributed by atoms with van der Waals surface area (Å²) in [5, 5.41) is 92.7. The van der Waals surface area contributed by atoms with Crippen molar-refractivity contribution in [3.05, 3.63) is 36.0 Å². The molecule has 23 N–H and O–H groups in total. The molecule has 2 aromatic rings. The zero-order valence-corrected chi connectivity index (χ0v) is 67.8. The van der Waals surface area contributed by atoms with E-state index in [9.17, 15) is 117 Å². The van der Waals surface area contributed by atoms with Gasteiger partial charge in [-0.3, -0.25) is 86.1 Å². The van der Waals surface area contributed by atoms with Crippen LogP contribution in [0.1, 0.15) is 143 Å². The highest BCUT2D eigenvalue weighted by Gasteiger charge is 2.39. The first-order valence-electron chi connectivity index (χ1n) is 37.7. The van der Waals surface area contributed by atoms with Gasteiger partial charge in [0.25, 0.3) is 0 Å². The maximum Gasteiger partial charge on any atom is 0.326 e. The SMILES string of the molecule is CC[C@H](C)[C@H](NC(=O)[C@H](CC(=O)O)NC(=O)CCCCCNC(=O)C1CSSC[C@H](N)C(=O)N[C@@H](CO)C(=O)NC(CO)C(=O)NC(CC(C)C)C(=O)N[C@@H](CCSC)C(=O)NC(CC(=O)O)C(=O)N[C@@H](CCCCN)C(=O)NC(CCC(=O)O)C(=O)N1)C(=O)N[C@H](C(=O)N[C@@H](Cc1cn(C=O)c2ccccc12)C(=O)O)[C@@H](C)CC. The number of carbonyl (C=O) groups excluding carboxylic acids is 14. The van der Waals surface area contributed by atoms with E-state index in [0.717, 1.165) is 21.6 Å². The first-order valence-corrected chi connectivity index (χ1v) is 41.6. The average molecular weight is 1680 g/mol. The number of nitrogens with two attached hydrogens (primary N) is 2. The highest BCUT2D eigenvalue weighted by molar-refractivity contribution is 8.76. The fourth-order valence-electron chi connectivity index (χ4n) is 11.6. The lowest BCUT2D eigenvalue weighted by Crippen LogP contribution is -2.61. The van der Waals surface area contributed by atoms with Crippen LogP contribution in [0, 0.1) is 17.8 Å². The number of amides is 13. The lowest BCUT2D eigenvalue weighted by molar-refractivity contribution is -0.143. The van der Waals surface area contributed by atoms with Gasteiger partial charge in [0.1, 0.15) is 72.5 Å². The Morgan fingerprint density at radius 3 is 1.63 bits per heavy atom. The first-order chi connectivity index (χ1) is 54.5. The minimum atomic E-state index is -1.96. The monoisotopic (exact) mass is 1680 g/mol. The fraction of sp³-hybridized carbons (Fsp3) is 0.639. The maximum atomic E-state index is 14.4. The zero-order chi connectivity index (χ0) is 86.2.